The Morgan fingerprint density at radius 3 is 2.50 bits per heavy atom. The molecule has 8 heteroatoms. The average Bonchev–Trinajstić information content (AvgIpc) is 2.46. The number of hydrogen-bond acceptors (Lipinski definition) is 6. The number of carbonyl (C=O) groups is 1. The lowest BCUT2D eigenvalue weighted by Gasteiger charge is -2.11. The van der Waals surface area contributed by atoms with E-state index in [0.29, 0.717) is 28.2 Å². The zero-order chi connectivity index (χ0) is 14.5. The van der Waals surface area contributed by atoms with Gasteiger partial charge in [0, 0.05) is 18.5 Å². The van der Waals surface area contributed by atoms with Crippen LogP contribution in [-0.4, -0.2) is 37.3 Å². The number of hydrazine groups is 1. The maximum atomic E-state index is 11.5. The highest BCUT2D eigenvalue weighted by Gasteiger charge is 2.12. The largest absolute Gasteiger partial charge is 0.493 e. The van der Waals surface area contributed by atoms with Gasteiger partial charge in [0.2, 0.25) is 0 Å². The van der Waals surface area contributed by atoms with E-state index in [1.165, 1.54) is 13.4 Å². The SMILES string of the molecule is CNNC(=O)Nc1ncnc2cc(OC)c(OC)cc12. The summed E-state index contributed by atoms with van der Waals surface area (Å²) in [4.78, 5) is 19.7. The normalized spacial score (nSPS) is 10.2. The van der Waals surface area contributed by atoms with Crippen molar-refractivity contribution in [3.05, 3.63) is 18.5 Å². The van der Waals surface area contributed by atoms with E-state index in [0.717, 1.165) is 0 Å². The van der Waals surface area contributed by atoms with Crippen LogP contribution in [0.1, 0.15) is 0 Å². The molecule has 0 aliphatic heterocycles. The van der Waals surface area contributed by atoms with Crippen LogP contribution in [0.15, 0.2) is 18.5 Å². The third kappa shape index (κ3) is 2.69. The first-order valence-corrected chi connectivity index (χ1v) is 5.80. The molecule has 20 heavy (non-hydrogen) atoms. The minimum absolute atomic E-state index is 0.378. The molecule has 0 bridgehead atoms. The van der Waals surface area contributed by atoms with Crippen molar-refractivity contribution < 1.29 is 14.3 Å². The number of fused-ring (bicyclic) bond motifs is 1. The maximum absolute atomic E-state index is 11.5. The Labute approximate surface area is 115 Å². The van der Waals surface area contributed by atoms with Gasteiger partial charge in [-0.1, -0.05) is 0 Å². The van der Waals surface area contributed by atoms with E-state index in [1.54, 1.807) is 26.3 Å². The van der Waals surface area contributed by atoms with Crippen LogP contribution in [0.2, 0.25) is 0 Å². The number of nitrogens with one attached hydrogen (secondary N) is 3. The number of anilines is 1. The number of ether oxygens (including phenoxy) is 2. The molecule has 0 radical (unpaired) electrons. The number of benzene rings is 1. The molecule has 0 saturated heterocycles. The van der Waals surface area contributed by atoms with E-state index in [4.69, 9.17) is 9.47 Å². The van der Waals surface area contributed by atoms with Gasteiger partial charge in [0.25, 0.3) is 0 Å². The van der Waals surface area contributed by atoms with Crippen molar-refractivity contribution in [3.8, 4) is 11.5 Å². The second kappa shape index (κ2) is 6.02. The molecule has 2 rings (SSSR count). The molecule has 0 aliphatic carbocycles. The van der Waals surface area contributed by atoms with Crippen molar-refractivity contribution in [1.82, 2.24) is 20.8 Å². The van der Waals surface area contributed by atoms with Crippen LogP contribution in [0, 0.1) is 0 Å². The van der Waals surface area contributed by atoms with Crippen molar-refractivity contribution in [2.75, 3.05) is 26.6 Å². The second-order valence-corrected chi connectivity index (χ2v) is 3.78. The lowest BCUT2D eigenvalue weighted by atomic mass is 10.2. The second-order valence-electron chi connectivity index (χ2n) is 3.78. The van der Waals surface area contributed by atoms with E-state index in [1.807, 2.05) is 0 Å². The van der Waals surface area contributed by atoms with Crippen molar-refractivity contribution >= 4 is 22.8 Å². The van der Waals surface area contributed by atoms with Gasteiger partial charge in [-0.2, -0.15) is 0 Å². The van der Waals surface area contributed by atoms with Crippen molar-refractivity contribution in [3.63, 3.8) is 0 Å². The number of nitrogens with zero attached hydrogens (tertiary/aromatic N) is 2. The standard InChI is InChI=1S/C12H15N5O3/c1-13-17-12(18)16-11-7-4-9(19-2)10(20-3)5-8(7)14-6-15-11/h4-6,13H,1-3H3,(H2,14,15,16,17,18). The first kappa shape index (κ1) is 13.8. The van der Waals surface area contributed by atoms with Gasteiger partial charge in [-0.3, -0.25) is 10.7 Å². The Morgan fingerprint density at radius 2 is 1.85 bits per heavy atom. The summed E-state index contributed by atoms with van der Waals surface area (Å²) >= 11 is 0. The van der Waals surface area contributed by atoms with Crippen molar-refractivity contribution in [2.45, 2.75) is 0 Å². The molecular weight excluding hydrogens is 262 g/mol. The lowest BCUT2D eigenvalue weighted by Crippen LogP contribution is -2.37. The van der Waals surface area contributed by atoms with Crippen LogP contribution in [-0.2, 0) is 0 Å². The predicted molar refractivity (Wildman–Crippen MR) is 73.9 cm³/mol. The van der Waals surface area contributed by atoms with Crippen molar-refractivity contribution in [1.29, 1.82) is 0 Å². The Bertz CT molecular complexity index is 632. The minimum atomic E-state index is -0.428. The van der Waals surface area contributed by atoms with Gasteiger partial charge in [-0.15, -0.1) is 0 Å². The molecule has 3 N–H and O–H groups in total. The Hall–Kier alpha value is -2.61. The Morgan fingerprint density at radius 1 is 1.15 bits per heavy atom. The third-order valence-electron chi connectivity index (χ3n) is 2.61. The van der Waals surface area contributed by atoms with Crippen LogP contribution in [0.25, 0.3) is 10.9 Å². The summed E-state index contributed by atoms with van der Waals surface area (Å²) in [6.45, 7) is 0. The van der Waals surface area contributed by atoms with Crippen LogP contribution < -0.4 is 25.6 Å². The highest BCUT2D eigenvalue weighted by molar-refractivity contribution is 5.99. The molecular formula is C12H15N5O3. The van der Waals surface area contributed by atoms with E-state index in [2.05, 4.69) is 26.1 Å². The molecule has 0 aliphatic rings. The molecule has 0 atom stereocenters. The number of rotatable bonds is 4. The quantitative estimate of drug-likeness (QED) is 0.718. The minimum Gasteiger partial charge on any atom is -0.493 e. The molecule has 1 aromatic heterocycles. The number of amides is 2. The van der Waals surface area contributed by atoms with Crippen molar-refractivity contribution in [2.24, 2.45) is 0 Å². The lowest BCUT2D eigenvalue weighted by molar-refractivity contribution is 0.249. The highest BCUT2D eigenvalue weighted by Crippen LogP contribution is 2.33. The first-order valence-electron chi connectivity index (χ1n) is 5.80. The summed E-state index contributed by atoms with van der Waals surface area (Å²) in [5.41, 5.74) is 5.56. The summed E-state index contributed by atoms with van der Waals surface area (Å²) in [7, 11) is 4.67. The van der Waals surface area contributed by atoms with E-state index >= 15 is 0 Å². The highest BCUT2D eigenvalue weighted by atomic mass is 16.5. The average molecular weight is 277 g/mol. The van der Waals surface area contributed by atoms with Crippen LogP contribution >= 0.6 is 0 Å². The maximum Gasteiger partial charge on any atom is 0.334 e. The summed E-state index contributed by atoms with van der Waals surface area (Å²) in [6.07, 6.45) is 1.36. The molecule has 1 aromatic carbocycles. The van der Waals surface area contributed by atoms with Gasteiger partial charge < -0.3 is 9.47 Å². The monoisotopic (exact) mass is 277 g/mol. The van der Waals surface area contributed by atoms with E-state index in [9.17, 15) is 4.79 Å². The van der Waals surface area contributed by atoms with Gasteiger partial charge in [-0.05, 0) is 6.07 Å². The van der Waals surface area contributed by atoms with Gasteiger partial charge in [0.1, 0.15) is 12.1 Å². The molecule has 0 unspecified atom stereocenters. The van der Waals surface area contributed by atoms with E-state index in [-0.39, 0.29) is 0 Å². The number of urea groups is 1. The molecule has 106 valence electrons. The van der Waals surface area contributed by atoms with Gasteiger partial charge in [-0.25, -0.2) is 20.2 Å². The first-order chi connectivity index (χ1) is 9.69. The topological polar surface area (TPSA) is 97.4 Å². The van der Waals surface area contributed by atoms with Crippen LogP contribution in [0.4, 0.5) is 10.6 Å². The zero-order valence-corrected chi connectivity index (χ0v) is 11.4. The summed E-state index contributed by atoms with van der Waals surface area (Å²) < 4.78 is 10.4. The molecule has 0 saturated carbocycles. The molecule has 0 fully saturated rings. The Kier molecular flexibility index (Phi) is 4.16. The number of methoxy groups -OCH3 is 2. The fourth-order valence-corrected chi connectivity index (χ4v) is 1.74. The molecule has 2 aromatic rings. The predicted octanol–water partition coefficient (Wildman–Crippen LogP) is 0.903. The number of hydrogen-bond donors (Lipinski definition) is 3. The number of aromatic nitrogens is 2. The third-order valence-corrected chi connectivity index (χ3v) is 2.61. The molecule has 2 amide bonds. The Balaban J connectivity index is 2.48. The van der Waals surface area contributed by atoms with Crippen LogP contribution in [0.5, 0.6) is 11.5 Å². The molecule has 1 heterocycles. The smallest absolute Gasteiger partial charge is 0.334 e. The van der Waals surface area contributed by atoms with Gasteiger partial charge in [0.15, 0.2) is 11.5 Å². The summed E-state index contributed by atoms with van der Waals surface area (Å²) in [5.74, 6) is 1.47. The number of carbonyl (C=O) groups excluding carboxylic acids is 1. The van der Waals surface area contributed by atoms with E-state index < -0.39 is 6.03 Å². The molecule has 8 nitrogen and oxygen atoms in total. The summed E-state index contributed by atoms with van der Waals surface area (Å²) in [6, 6.07) is 3.00. The summed E-state index contributed by atoms with van der Waals surface area (Å²) in [5, 5.41) is 3.26. The van der Waals surface area contributed by atoms with Gasteiger partial charge in [0.05, 0.1) is 19.7 Å². The van der Waals surface area contributed by atoms with Crippen LogP contribution in [0.3, 0.4) is 0 Å². The molecule has 0 spiro atoms. The zero-order valence-electron chi connectivity index (χ0n) is 11.4. The fraction of sp³-hybridized carbons (Fsp3) is 0.250. The fourth-order valence-electron chi connectivity index (χ4n) is 1.74. The van der Waals surface area contributed by atoms with Gasteiger partial charge >= 0.3 is 6.03 Å².